The average Bonchev–Trinajstić information content (AvgIpc) is 3.29. The lowest BCUT2D eigenvalue weighted by Gasteiger charge is -2.32. The molecule has 4 rings (SSSR count). The number of rotatable bonds is 9. The zero-order valence-electron chi connectivity index (χ0n) is 22.3. The molecule has 1 saturated carbocycles. The van der Waals surface area contributed by atoms with E-state index in [1.54, 1.807) is 0 Å². The van der Waals surface area contributed by atoms with E-state index in [4.69, 9.17) is 9.47 Å². The monoisotopic (exact) mass is 587 g/mol. The molecule has 16 heteroatoms. The Kier molecular flexibility index (Phi) is 9.02. The minimum absolute atomic E-state index is 0.207. The topological polar surface area (TPSA) is 138 Å². The van der Waals surface area contributed by atoms with Gasteiger partial charge >= 0.3 is 6.18 Å². The lowest BCUT2D eigenvalue weighted by molar-refractivity contribution is -0.140. The van der Waals surface area contributed by atoms with Crippen LogP contribution in [0.4, 0.5) is 24.8 Å². The third-order valence-corrected chi connectivity index (χ3v) is 7.34. The molecule has 1 amide bonds. The van der Waals surface area contributed by atoms with E-state index in [0.29, 0.717) is 49.8 Å². The molecular weight excluding hydrogens is 555 g/mol. The number of nitrogens with one attached hydrogen (secondary N) is 3. The van der Waals surface area contributed by atoms with Crippen molar-refractivity contribution >= 4 is 27.6 Å². The number of anilines is 2. The van der Waals surface area contributed by atoms with Crippen LogP contribution in [-0.4, -0.2) is 92.9 Å². The maximum atomic E-state index is 13.7. The molecule has 12 nitrogen and oxygen atoms in total. The van der Waals surface area contributed by atoms with Crippen LogP contribution in [-0.2, 0) is 16.2 Å². The van der Waals surface area contributed by atoms with Gasteiger partial charge in [0.25, 0.3) is 5.91 Å². The summed E-state index contributed by atoms with van der Waals surface area (Å²) in [7, 11) is -0.197. The number of sulfonamides is 1. The summed E-state index contributed by atoms with van der Waals surface area (Å²) >= 11 is 0. The summed E-state index contributed by atoms with van der Waals surface area (Å²) in [4.78, 5) is 22.7. The number of hydrogen-bond donors (Lipinski definition) is 3. The first-order valence-corrected chi connectivity index (χ1v) is 14.5. The molecule has 1 aromatic carbocycles. The standard InChI is InChI=1S/C24H32F3N7O5S/c1-33-9-11-34(12-10-33)31-21(35)15-7-8-17(20(13-15)38-2)29-23-28-14-16(24(25,26)27)22(30-23)39-19-6-4-5-18(19)32-40(3,36)37/h7-8,13-14,18-19,32H,4-6,9-12H2,1-3H3,(H,31,35)(H,28,29,30)/t18-,19-/m1/s1. The number of carbonyl (C=O) groups excluding carboxylic acids is 1. The van der Waals surface area contributed by atoms with Gasteiger partial charge in [-0.05, 0) is 44.5 Å². The molecule has 40 heavy (non-hydrogen) atoms. The van der Waals surface area contributed by atoms with Crippen LogP contribution < -0.4 is 24.9 Å². The van der Waals surface area contributed by atoms with Crippen LogP contribution in [0.2, 0.25) is 0 Å². The molecule has 220 valence electrons. The zero-order valence-corrected chi connectivity index (χ0v) is 23.1. The Bertz CT molecular complexity index is 1320. The van der Waals surface area contributed by atoms with E-state index in [2.05, 4.69) is 30.3 Å². The molecule has 2 fully saturated rings. The maximum Gasteiger partial charge on any atom is 0.423 e. The average molecular weight is 588 g/mol. The number of aromatic nitrogens is 2. The SMILES string of the molecule is COc1cc(C(=O)NN2CCN(C)CC2)ccc1Nc1ncc(C(F)(F)F)c(O[C@@H]2CCC[C@H]2NS(C)(=O)=O)n1. The maximum absolute atomic E-state index is 13.7. The van der Waals surface area contributed by atoms with Crippen molar-refractivity contribution in [3.63, 3.8) is 0 Å². The van der Waals surface area contributed by atoms with Crippen LogP contribution >= 0.6 is 0 Å². The fraction of sp³-hybridized carbons (Fsp3) is 0.542. The van der Waals surface area contributed by atoms with Gasteiger partial charge < -0.3 is 19.7 Å². The van der Waals surface area contributed by atoms with Gasteiger partial charge in [0.2, 0.25) is 21.9 Å². The first-order chi connectivity index (χ1) is 18.8. The predicted molar refractivity (Wildman–Crippen MR) is 140 cm³/mol. The number of benzene rings is 1. The van der Waals surface area contributed by atoms with Crippen LogP contribution in [0.3, 0.4) is 0 Å². The van der Waals surface area contributed by atoms with Gasteiger partial charge in [0.1, 0.15) is 17.4 Å². The fourth-order valence-electron chi connectivity index (χ4n) is 4.51. The summed E-state index contributed by atoms with van der Waals surface area (Å²) in [5.74, 6) is -1.02. The second kappa shape index (κ2) is 12.1. The number of hydrogen-bond acceptors (Lipinski definition) is 10. The Morgan fingerprint density at radius 2 is 1.88 bits per heavy atom. The van der Waals surface area contributed by atoms with Gasteiger partial charge in [-0.15, -0.1) is 0 Å². The first-order valence-electron chi connectivity index (χ1n) is 12.6. The van der Waals surface area contributed by atoms with Crippen molar-refractivity contribution in [3.05, 3.63) is 35.5 Å². The molecule has 1 saturated heterocycles. The molecule has 2 atom stereocenters. The molecule has 0 radical (unpaired) electrons. The van der Waals surface area contributed by atoms with Gasteiger partial charge in [0.05, 0.1) is 25.1 Å². The molecule has 1 aliphatic heterocycles. The summed E-state index contributed by atoms with van der Waals surface area (Å²) in [5.41, 5.74) is 2.30. The molecule has 0 spiro atoms. The number of alkyl halides is 3. The predicted octanol–water partition coefficient (Wildman–Crippen LogP) is 1.99. The second-order valence-electron chi connectivity index (χ2n) is 9.77. The van der Waals surface area contributed by atoms with Gasteiger partial charge in [-0.1, -0.05) is 0 Å². The summed E-state index contributed by atoms with van der Waals surface area (Å²) in [6.45, 7) is 3.00. The summed E-state index contributed by atoms with van der Waals surface area (Å²) in [6, 6.07) is 3.88. The van der Waals surface area contributed by atoms with Crippen molar-refractivity contribution in [1.29, 1.82) is 0 Å². The van der Waals surface area contributed by atoms with E-state index in [1.165, 1.54) is 25.3 Å². The Morgan fingerprint density at radius 3 is 2.52 bits per heavy atom. The molecule has 0 bridgehead atoms. The molecular formula is C24H32F3N7O5S. The van der Waals surface area contributed by atoms with Crippen LogP contribution in [0.5, 0.6) is 11.6 Å². The van der Waals surface area contributed by atoms with Crippen LogP contribution in [0, 0.1) is 0 Å². The van der Waals surface area contributed by atoms with Gasteiger partial charge in [0, 0.05) is 37.9 Å². The van der Waals surface area contributed by atoms with E-state index in [0.717, 1.165) is 19.3 Å². The Morgan fingerprint density at radius 1 is 1.15 bits per heavy atom. The van der Waals surface area contributed by atoms with Gasteiger partial charge in [-0.25, -0.2) is 23.1 Å². The lowest BCUT2D eigenvalue weighted by Crippen LogP contribution is -2.52. The Labute approximate surface area is 230 Å². The highest BCUT2D eigenvalue weighted by atomic mass is 32.2. The van der Waals surface area contributed by atoms with Crippen LogP contribution in [0.15, 0.2) is 24.4 Å². The number of hydrazine groups is 1. The summed E-state index contributed by atoms with van der Waals surface area (Å²) in [5, 5.41) is 4.65. The second-order valence-corrected chi connectivity index (χ2v) is 11.5. The molecule has 1 aliphatic carbocycles. The Balaban J connectivity index is 1.53. The quantitative estimate of drug-likeness (QED) is 0.399. The van der Waals surface area contributed by atoms with Gasteiger partial charge in [-0.2, -0.15) is 18.2 Å². The minimum atomic E-state index is -4.80. The highest BCUT2D eigenvalue weighted by Gasteiger charge is 2.39. The largest absolute Gasteiger partial charge is 0.495 e. The summed E-state index contributed by atoms with van der Waals surface area (Å²) in [6.07, 6.45) is -2.73. The third kappa shape index (κ3) is 7.71. The molecule has 3 N–H and O–H groups in total. The minimum Gasteiger partial charge on any atom is -0.495 e. The number of piperazine rings is 1. The molecule has 2 heterocycles. The van der Waals surface area contributed by atoms with Gasteiger partial charge in [0.15, 0.2) is 0 Å². The van der Waals surface area contributed by atoms with E-state index in [1.807, 2.05) is 12.1 Å². The number of amides is 1. The fourth-order valence-corrected chi connectivity index (χ4v) is 5.33. The first kappa shape index (κ1) is 29.8. The lowest BCUT2D eigenvalue weighted by atomic mass is 10.1. The third-order valence-electron chi connectivity index (χ3n) is 6.61. The van der Waals surface area contributed by atoms with Crippen LogP contribution in [0.25, 0.3) is 0 Å². The van der Waals surface area contributed by atoms with Crippen LogP contribution in [0.1, 0.15) is 35.2 Å². The number of halogens is 3. The van der Waals surface area contributed by atoms with Crippen molar-refractivity contribution in [1.82, 2.24) is 30.0 Å². The van der Waals surface area contributed by atoms with Crippen molar-refractivity contribution in [3.8, 4) is 11.6 Å². The molecule has 1 aromatic heterocycles. The van der Waals surface area contributed by atoms with Crippen molar-refractivity contribution < 1.29 is 35.9 Å². The highest BCUT2D eigenvalue weighted by Crippen LogP contribution is 2.37. The number of ether oxygens (including phenoxy) is 2. The normalized spacial score (nSPS) is 20.8. The smallest absolute Gasteiger partial charge is 0.423 e. The van der Waals surface area contributed by atoms with E-state index in [-0.39, 0.29) is 17.6 Å². The number of carbonyl (C=O) groups is 1. The van der Waals surface area contributed by atoms with Crippen molar-refractivity contribution in [2.45, 2.75) is 37.6 Å². The number of methoxy groups -OCH3 is 1. The van der Waals surface area contributed by atoms with E-state index < -0.39 is 39.8 Å². The molecule has 0 unspecified atom stereocenters. The summed E-state index contributed by atoms with van der Waals surface area (Å²) < 4.78 is 78.0. The number of nitrogens with zero attached hydrogens (tertiary/aromatic N) is 4. The number of likely N-dealkylation sites (N-methyl/N-ethyl adjacent to an activating group) is 1. The van der Waals surface area contributed by atoms with Gasteiger partial charge in [-0.3, -0.25) is 10.2 Å². The van der Waals surface area contributed by atoms with E-state index >= 15 is 0 Å². The zero-order chi connectivity index (χ0) is 29.1. The molecule has 2 aromatic rings. The highest BCUT2D eigenvalue weighted by molar-refractivity contribution is 7.88. The molecule has 2 aliphatic rings. The van der Waals surface area contributed by atoms with E-state index in [9.17, 15) is 26.4 Å². The van der Waals surface area contributed by atoms with Crippen molar-refractivity contribution in [2.75, 3.05) is 51.9 Å². The Hall–Kier alpha value is -3.21. The van der Waals surface area contributed by atoms with Crippen molar-refractivity contribution in [2.24, 2.45) is 0 Å².